The van der Waals surface area contributed by atoms with Gasteiger partial charge in [0.05, 0.1) is 10.2 Å². The summed E-state index contributed by atoms with van der Waals surface area (Å²) in [5.74, 6) is 1.95. The number of hydrogen-bond acceptors (Lipinski definition) is 4. The van der Waals surface area contributed by atoms with Crippen LogP contribution in [0.3, 0.4) is 0 Å². The Kier molecular flexibility index (Phi) is 4.02. The van der Waals surface area contributed by atoms with Crippen molar-refractivity contribution in [3.63, 3.8) is 0 Å². The van der Waals surface area contributed by atoms with E-state index in [1.54, 1.807) is 18.0 Å². The van der Waals surface area contributed by atoms with Crippen molar-refractivity contribution in [2.75, 3.05) is 5.73 Å². The number of hydrogen-bond donors (Lipinski definition) is 1. The maximum absolute atomic E-state index is 5.70. The largest absolute Gasteiger partial charge is 0.383 e. The van der Waals surface area contributed by atoms with E-state index in [0.29, 0.717) is 5.82 Å². The first-order chi connectivity index (χ1) is 8.15. The molecule has 0 saturated heterocycles. The van der Waals surface area contributed by atoms with E-state index in [-0.39, 0.29) is 0 Å². The van der Waals surface area contributed by atoms with E-state index in [4.69, 9.17) is 5.73 Å². The first kappa shape index (κ1) is 12.4. The number of halogens is 1. The molecule has 2 rings (SSSR count). The molecule has 0 radical (unpaired) electrons. The van der Waals surface area contributed by atoms with Crippen molar-refractivity contribution in [3.8, 4) is 0 Å². The summed E-state index contributed by atoms with van der Waals surface area (Å²) in [7, 11) is 0. The fraction of sp³-hybridized carbons (Fsp3) is 0.167. The summed E-state index contributed by atoms with van der Waals surface area (Å²) >= 11 is 4.98. The van der Waals surface area contributed by atoms with Crippen LogP contribution in [0.4, 0.5) is 5.82 Å². The molecule has 1 aromatic carbocycles. The second kappa shape index (κ2) is 5.51. The summed E-state index contributed by atoms with van der Waals surface area (Å²) in [5, 5.41) is 0. The molecule has 1 aromatic heterocycles. The smallest absolute Gasteiger partial charge is 0.141 e. The number of aryl methyl sites for hydroxylation is 1. The number of benzene rings is 1. The predicted octanol–water partition coefficient (Wildman–Crippen LogP) is 3.42. The fourth-order valence-electron chi connectivity index (χ4n) is 1.27. The maximum atomic E-state index is 5.70. The van der Waals surface area contributed by atoms with Gasteiger partial charge in [-0.1, -0.05) is 17.7 Å². The van der Waals surface area contributed by atoms with Crippen LogP contribution in [0.15, 0.2) is 39.8 Å². The van der Waals surface area contributed by atoms with Gasteiger partial charge < -0.3 is 5.73 Å². The molecule has 0 amide bonds. The van der Waals surface area contributed by atoms with E-state index in [0.717, 1.165) is 16.0 Å². The van der Waals surface area contributed by atoms with Gasteiger partial charge in [0.2, 0.25) is 0 Å². The highest BCUT2D eigenvalue weighted by molar-refractivity contribution is 9.10. The SMILES string of the molecule is Cc1ccc(SCc2ncc(Br)c(N)n2)cc1. The lowest BCUT2D eigenvalue weighted by atomic mass is 10.2. The van der Waals surface area contributed by atoms with Gasteiger partial charge in [-0.2, -0.15) is 0 Å². The van der Waals surface area contributed by atoms with Crippen LogP contribution in [0.2, 0.25) is 0 Å². The number of anilines is 1. The topological polar surface area (TPSA) is 51.8 Å². The minimum Gasteiger partial charge on any atom is -0.383 e. The van der Waals surface area contributed by atoms with Gasteiger partial charge in [0.15, 0.2) is 0 Å². The Labute approximate surface area is 113 Å². The molecule has 0 saturated carbocycles. The van der Waals surface area contributed by atoms with E-state index in [1.807, 2.05) is 0 Å². The number of nitrogens with zero attached hydrogens (tertiary/aromatic N) is 2. The van der Waals surface area contributed by atoms with E-state index < -0.39 is 0 Å². The van der Waals surface area contributed by atoms with Gasteiger partial charge in [-0.3, -0.25) is 0 Å². The van der Waals surface area contributed by atoms with E-state index in [9.17, 15) is 0 Å². The van der Waals surface area contributed by atoms with Crippen LogP contribution in [0.5, 0.6) is 0 Å². The molecule has 0 fully saturated rings. The highest BCUT2D eigenvalue weighted by Crippen LogP contribution is 2.23. The summed E-state index contributed by atoms with van der Waals surface area (Å²) in [5.41, 5.74) is 6.96. The second-order valence-electron chi connectivity index (χ2n) is 3.62. The van der Waals surface area contributed by atoms with Crippen molar-refractivity contribution in [1.82, 2.24) is 9.97 Å². The van der Waals surface area contributed by atoms with Gasteiger partial charge in [0, 0.05) is 11.1 Å². The summed E-state index contributed by atoms with van der Waals surface area (Å²) in [6.45, 7) is 2.08. The summed E-state index contributed by atoms with van der Waals surface area (Å²) in [4.78, 5) is 9.63. The highest BCUT2D eigenvalue weighted by Gasteiger charge is 2.02. The molecule has 0 bridgehead atoms. The molecule has 0 unspecified atom stereocenters. The van der Waals surface area contributed by atoms with Crippen LogP contribution in [-0.2, 0) is 5.75 Å². The Morgan fingerprint density at radius 2 is 2.00 bits per heavy atom. The number of nitrogen functional groups attached to an aromatic ring is 1. The quantitative estimate of drug-likeness (QED) is 0.883. The molecule has 0 aliphatic carbocycles. The third-order valence-electron chi connectivity index (χ3n) is 2.21. The number of nitrogens with two attached hydrogens (primary N) is 1. The Balaban J connectivity index is 2.02. The summed E-state index contributed by atoms with van der Waals surface area (Å²) in [6, 6.07) is 8.39. The predicted molar refractivity (Wildman–Crippen MR) is 74.9 cm³/mol. The lowest BCUT2D eigenvalue weighted by molar-refractivity contribution is 1.03. The molecule has 88 valence electrons. The molecule has 2 N–H and O–H groups in total. The Bertz CT molecular complexity index is 514. The molecule has 2 aromatic rings. The Morgan fingerprint density at radius 3 is 2.65 bits per heavy atom. The molecule has 0 aliphatic rings. The van der Waals surface area contributed by atoms with Crippen LogP contribution in [0, 0.1) is 6.92 Å². The van der Waals surface area contributed by atoms with E-state index in [2.05, 4.69) is 57.1 Å². The minimum absolute atomic E-state index is 0.486. The average Bonchev–Trinajstić information content (AvgIpc) is 2.33. The third-order valence-corrected chi connectivity index (χ3v) is 3.83. The zero-order chi connectivity index (χ0) is 12.3. The number of thioether (sulfide) groups is 1. The molecule has 0 atom stereocenters. The van der Waals surface area contributed by atoms with Crippen LogP contribution in [-0.4, -0.2) is 9.97 Å². The first-order valence-electron chi connectivity index (χ1n) is 5.11. The van der Waals surface area contributed by atoms with Crippen LogP contribution in [0.25, 0.3) is 0 Å². The summed E-state index contributed by atoms with van der Waals surface area (Å²) in [6.07, 6.45) is 1.69. The van der Waals surface area contributed by atoms with Crippen LogP contribution >= 0.6 is 27.7 Å². The zero-order valence-electron chi connectivity index (χ0n) is 9.35. The van der Waals surface area contributed by atoms with Gasteiger partial charge in [0.1, 0.15) is 11.6 Å². The zero-order valence-corrected chi connectivity index (χ0v) is 11.8. The van der Waals surface area contributed by atoms with Crippen molar-refractivity contribution in [1.29, 1.82) is 0 Å². The van der Waals surface area contributed by atoms with Gasteiger partial charge in [-0.15, -0.1) is 11.8 Å². The fourth-order valence-corrected chi connectivity index (χ4v) is 2.22. The van der Waals surface area contributed by atoms with Crippen molar-refractivity contribution >= 4 is 33.5 Å². The van der Waals surface area contributed by atoms with Gasteiger partial charge >= 0.3 is 0 Å². The highest BCUT2D eigenvalue weighted by atomic mass is 79.9. The molecule has 0 aliphatic heterocycles. The maximum Gasteiger partial charge on any atom is 0.141 e. The normalized spacial score (nSPS) is 10.5. The van der Waals surface area contributed by atoms with Crippen molar-refractivity contribution in [2.24, 2.45) is 0 Å². The number of rotatable bonds is 3. The molecular formula is C12H12BrN3S. The molecular weight excluding hydrogens is 298 g/mol. The van der Waals surface area contributed by atoms with E-state index >= 15 is 0 Å². The van der Waals surface area contributed by atoms with Crippen LogP contribution < -0.4 is 5.73 Å². The molecule has 0 spiro atoms. The minimum atomic E-state index is 0.486. The van der Waals surface area contributed by atoms with Gasteiger partial charge in [0.25, 0.3) is 0 Å². The lowest BCUT2D eigenvalue weighted by Gasteiger charge is -2.03. The molecule has 3 nitrogen and oxygen atoms in total. The first-order valence-corrected chi connectivity index (χ1v) is 6.89. The Morgan fingerprint density at radius 1 is 1.29 bits per heavy atom. The van der Waals surface area contributed by atoms with Gasteiger partial charge in [-0.25, -0.2) is 9.97 Å². The van der Waals surface area contributed by atoms with Crippen molar-refractivity contribution in [3.05, 3.63) is 46.3 Å². The molecule has 1 heterocycles. The standard InChI is InChI=1S/C12H12BrN3S/c1-8-2-4-9(5-3-8)17-7-11-15-6-10(13)12(14)16-11/h2-6H,7H2,1H3,(H2,14,15,16). The average molecular weight is 310 g/mol. The Hall–Kier alpha value is -1.07. The second-order valence-corrected chi connectivity index (χ2v) is 5.52. The molecule has 5 heteroatoms. The van der Waals surface area contributed by atoms with Crippen LogP contribution in [0.1, 0.15) is 11.4 Å². The van der Waals surface area contributed by atoms with Crippen molar-refractivity contribution < 1.29 is 0 Å². The lowest BCUT2D eigenvalue weighted by Crippen LogP contribution is -1.98. The molecule has 17 heavy (non-hydrogen) atoms. The van der Waals surface area contributed by atoms with Gasteiger partial charge in [-0.05, 0) is 35.0 Å². The third kappa shape index (κ3) is 3.44. The summed E-state index contributed by atoms with van der Waals surface area (Å²) < 4.78 is 0.738. The van der Waals surface area contributed by atoms with E-state index in [1.165, 1.54) is 10.5 Å². The monoisotopic (exact) mass is 309 g/mol. The number of aromatic nitrogens is 2. The van der Waals surface area contributed by atoms with Crippen molar-refractivity contribution in [2.45, 2.75) is 17.6 Å².